The molecular formula is C19H29N7. The molecule has 7 heteroatoms. The van der Waals surface area contributed by atoms with Gasteiger partial charge in [0.15, 0.2) is 5.96 Å². The third-order valence-electron chi connectivity index (χ3n) is 5.14. The second-order valence-corrected chi connectivity index (χ2v) is 6.77. The van der Waals surface area contributed by atoms with Crippen LogP contribution in [0.15, 0.2) is 41.7 Å². The number of nitrogens with zero attached hydrogens (tertiary/aromatic N) is 5. The fourth-order valence-electron chi connectivity index (χ4n) is 3.40. The van der Waals surface area contributed by atoms with Gasteiger partial charge in [0.25, 0.3) is 0 Å². The van der Waals surface area contributed by atoms with Crippen molar-refractivity contribution in [2.45, 2.75) is 38.4 Å². The number of aliphatic imine (C=N–C) groups is 1. The lowest BCUT2D eigenvalue weighted by atomic mass is 10.0. The molecule has 26 heavy (non-hydrogen) atoms. The summed E-state index contributed by atoms with van der Waals surface area (Å²) < 4.78 is 1.77. The number of hydrogen-bond acceptors (Lipinski definition) is 4. The molecule has 1 saturated heterocycles. The van der Waals surface area contributed by atoms with Gasteiger partial charge in [0.2, 0.25) is 0 Å². The number of aromatic nitrogens is 3. The van der Waals surface area contributed by atoms with Crippen LogP contribution in [0, 0.1) is 0 Å². The van der Waals surface area contributed by atoms with Gasteiger partial charge in [-0.15, -0.1) is 0 Å². The molecule has 1 aromatic carbocycles. The number of aryl methyl sites for hydroxylation is 1. The van der Waals surface area contributed by atoms with E-state index in [1.165, 1.54) is 5.56 Å². The fraction of sp³-hybridized carbons (Fsp3) is 0.526. The predicted octanol–water partition coefficient (Wildman–Crippen LogP) is 1.71. The molecule has 7 nitrogen and oxygen atoms in total. The van der Waals surface area contributed by atoms with Gasteiger partial charge in [-0.25, -0.2) is 4.98 Å². The SMILES string of the molecule is CN=C(NCc1ncnn1C)NC1CCN(C(C)c2ccccc2)CC1. The topological polar surface area (TPSA) is 70.4 Å². The molecule has 0 spiro atoms. The molecule has 0 amide bonds. The number of piperidine rings is 1. The third kappa shape index (κ3) is 4.60. The predicted molar refractivity (Wildman–Crippen MR) is 104 cm³/mol. The van der Waals surface area contributed by atoms with E-state index in [0.29, 0.717) is 18.6 Å². The smallest absolute Gasteiger partial charge is 0.191 e. The van der Waals surface area contributed by atoms with Crippen molar-refractivity contribution < 1.29 is 0 Å². The standard InChI is InChI=1S/C19H29N7/c1-15(16-7-5-4-6-8-16)26-11-9-17(10-12-26)24-19(20-2)21-13-18-22-14-23-25(18)3/h4-8,14-15,17H,9-13H2,1-3H3,(H2,20,21,24). The maximum atomic E-state index is 4.34. The summed E-state index contributed by atoms with van der Waals surface area (Å²) in [7, 11) is 3.70. The molecule has 1 aromatic heterocycles. The Morgan fingerprint density at radius 1 is 1.27 bits per heavy atom. The van der Waals surface area contributed by atoms with Crippen molar-refractivity contribution in [1.29, 1.82) is 0 Å². The van der Waals surface area contributed by atoms with Gasteiger partial charge < -0.3 is 10.6 Å². The second-order valence-electron chi connectivity index (χ2n) is 6.77. The van der Waals surface area contributed by atoms with Crippen molar-refractivity contribution in [3.8, 4) is 0 Å². The lowest BCUT2D eigenvalue weighted by Gasteiger charge is -2.37. The van der Waals surface area contributed by atoms with Crippen molar-refractivity contribution in [3.05, 3.63) is 48.0 Å². The molecule has 1 unspecified atom stereocenters. The minimum Gasteiger partial charge on any atom is -0.354 e. The van der Waals surface area contributed by atoms with Gasteiger partial charge >= 0.3 is 0 Å². The monoisotopic (exact) mass is 355 g/mol. The first kappa shape index (κ1) is 18.4. The minimum atomic E-state index is 0.444. The quantitative estimate of drug-likeness (QED) is 0.631. The van der Waals surface area contributed by atoms with Crippen LogP contribution < -0.4 is 10.6 Å². The van der Waals surface area contributed by atoms with Crippen molar-refractivity contribution in [1.82, 2.24) is 30.3 Å². The molecule has 2 heterocycles. The van der Waals surface area contributed by atoms with Crippen LogP contribution in [0.25, 0.3) is 0 Å². The van der Waals surface area contributed by atoms with Crippen LogP contribution in [0.2, 0.25) is 0 Å². The minimum absolute atomic E-state index is 0.444. The first-order chi connectivity index (χ1) is 12.7. The molecule has 0 saturated carbocycles. The first-order valence-corrected chi connectivity index (χ1v) is 9.26. The zero-order valence-electron chi connectivity index (χ0n) is 15.9. The number of hydrogen-bond donors (Lipinski definition) is 2. The van der Waals surface area contributed by atoms with E-state index in [9.17, 15) is 0 Å². The van der Waals surface area contributed by atoms with Gasteiger partial charge in [0.05, 0.1) is 6.54 Å². The molecular weight excluding hydrogens is 326 g/mol. The van der Waals surface area contributed by atoms with Crippen molar-refractivity contribution in [2.24, 2.45) is 12.0 Å². The summed E-state index contributed by atoms with van der Waals surface area (Å²) in [6.07, 6.45) is 3.79. The highest BCUT2D eigenvalue weighted by molar-refractivity contribution is 5.79. The second kappa shape index (κ2) is 8.80. The van der Waals surface area contributed by atoms with Crippen LogP contribution >= 0.6 is 0 Å². The van der Waals surface area contributed by atoms with E-state index in [-0.39, 0.29) is 0 Å². The molecule has 0 bridgehead atoms. The molecule has 1 atom stereocenters. The summed E-state index contributed by atoms with van der Waals surface area (Å²) in [5.74, 6) is 1.71. The molecule has 2 N–H and O–H groups in total. The van der Waals surface area contributed by atoms with Crippen LogP contribution in [-0.2, 0) is 13.6 Å². The number of likely N-dealkylation sites (tertiary alicyclic amines) is 1. The Bertz CT molecular complexity index is 702. The summed E-state index contributed by atoms with van der Waals surface area (Å²) in [5, 5.41) is 10.9. The van der Waals surface area contributed by atoms with Gasteiger partial charge in [-0.1, -0.05) is 30.3 Å². The van der Waals surface area contributed by atoms with E-state index >= 15 is 0 Å². The van der Waals surface area contributed by atoms with E-state index < -0.39 is 0 Å². The Morgan fingerprint density at radius 3 is 2.62 bits per heavy atom. The molecule has 1 aliphatic rings. The summed E-state index contributed by atoms with van der Waals surface area (Å²) in [6, 6.07) is 11.7. The highest BCUT2D eigenvalue weighted by Crippen LogP contribution is 2.23. The van der Waals surface area contributed by atoms with E-state index in [1.54, 1.807) is 18.1 Å². The summed E-state index contributed by atoms with van der Waals surface area (Å²) in [6.45, 7) is 5.09. The maximum Gasteiger partial charge on any atom is 0.191 e. The third-order valence-corrected chi connectivity index (χ3v) is 5.14. The van der Waals surface area contributed by atoms with Crippen molar-refractivity contribution in [2.75, 3.05) is 20.1 Å². The number of benzene rings is 1. The largest absolute Gasteiger partial charge is 0.354 e. The van der Waals surface area contributed by atoms with Crippen molar-refractivity contribution in [3.63, 3.8) is 0 Å². The van der Waals surface area contributed by atoms with E-state index in [1.807, 2.05) is 7.05 Å². The summed E-state index contributed by atoms with van der Waals surface area (Å²) >= 11 is 0. The van der Waals surface area contributed by atoms with Crippen LogP contribution in [-0.4, -0.2) is 51.8 Å². The van der Waals surface area contributed by atoms with E-state index in [0.717, 1.165) is 37.7 Å². The Balaban J connectivity index is 1.46. The van der Waals surface area contributed by atoms with Crippen LogP contribution in [0.4, 0.5) is 0 Å². The Hall–Kier alpha value is -2.41. The van der Waals surface area contributed by atoms with Crippen LogP contribution in [0.1, 0.15) is 37.2 Å². The highest BCUT2D eigenvalue weighted by atomic mass is 15.3. The normalized spacial score (nSPS) is 17.9. The van der Waals surface area contributed by atoms with Gasteiger partial charge in [-0.2, -0.15) is 5.10 Å². The van der Waals surface area contributed by atoms with Crippen molar-refractivity contribution >= 4 is 5.96 Å². The van der Waals surface area contributed by atoms with E-state index in [2.05, 4.69) is 67.9 Å². The number of nitrogens with one attached hydrogen (secondary N) is 2. The number of guanidine groups is 1. The van der Waals surface area contributed by atoms with Gasteiger partial charge in [0.1, 0.15) is 12.2 Å². The summed E-state index contributed by atoms with van der Waals surface area (Å²) in [5.41, 5.74) is 1.39. The average Bonchev–Trinajstić information content (AvgIpc) is 3.10. The fourth-order valence-corrected chi connectivity index (χ4v) is 3.40. The Labute approximate surface area is 155 Å². The van der Waals surface area contributed by atoms with E-state index in [4.69, 9.17) is 0 Å². The molecule has 140 valence electrons. The molecule has 2 aromatic rings. The molecule has 1 fully saturated rings. The maximum absolute atomic E-state index is 4.34. The highest BCUT2D eigenvalue weighted by Gasteiger charge is 2.24. The Morgan fingerprint density at radius 2 is 2.00 bits per heavy atom. The molecule has 0 aliphatic carbocycles. The average molecular weight is 355 g/mol. The lowest BCUT2D eigenvalue weighted by Crippen LogP contribution is -2.49. The first-order valence-electron chi connectivity index (χ1n) is 9.26. The van der Waals surface area contributed by atoms with Gasteiger partial charge in [0, 0.05) is 39.3 Å². The lowest BCUT2D eigenvalue weighted by molar-refractivity contribution is 0.158. The molecule has 1 aliphatic heterocycles. The van der Waals surface area contributed by atoms with Gasteiger partial charge in [-0.05, 0) is 25.3 Å². The Kier molecular flexibility index (Phi) is 6.22. The van der Waals surface area contributed by atoms with Crippen LogP contribution in [0.5, 0.6) is 0 Å². The zero-order valence-corrected chi connectivity index (χ0v) is 15.9. The zero-order chi connectivity index (χ0) is 18.4. The number of rotatable bonds is 5. The van der Waals surface area contributed by atoms with Crippen LogP contribution in [0.3, 0.4) is 0 Å². The summed E-state index contributed by atoms with van der Waals surface area (Å²) in [4.78, 5) is 11.1. The molecule has 3 rings (SSSR count). The van der Waals surface area contributed by atoms with Gasteiger partial charge in [-0.3, -0.25) is 14.6 Å². The molecule has 0 radical (unpaired) electrons.